The van der Waals surface area contributed by atoms with Crippen LogP contribution in [0.4, 0.5) is 21.8 Å². The van der Waals surface area contributed by atoms with Crippen LogP contribution in [0.15, 0.2) is 48.5 Å². The average molecular weight is 430 g/mol. The highest BCUT2D eigenvalue weighted by atomic mass is 19.1. The number of para-hydroxylation sites is 1. The average Bonchev–Trinajstić information content (AvgIpc) is 2.80. The molecule has 0 spiro atoms. The number of rotatable bonds is 4. The van der Waals surface area contributed by atoms with Crippen molar-refractivity contribution in [1.29, 1.82) is 5.26 Å². The minimum atomic E-state index is -0.616. The van der Waals surface area contributed by atoms with Gasteiger partial charge >= 0.3 is 0 Å². The zero-order chi connectivity index (χ0) is 22.7. The van der Waals surface area contributed by atoms with Crippen LogP contribution in [0.3, 0.4) is 0 Å². The van der Waals surface area contributed by atoms with Crippen LogP contribution in [0.5, 0.6) is 0 Å². The number of nitrogen functional groups attached to an aromatic ring is 1. The summed E-state index contributed by atoms with van der Waals surface area (Å²) in [6.45, 7) is 3.18. The van der Waals surface area contributed by atoms with Crippen LogP contribution in [-0.4, -0.2) is 29.0 Å². The maximum absolute atomic E-state index is 14.1. The Balaban J connectivity index is 1.54. The minimum Gasteiger partial charge on any atom is -0.368 e. The lowest BCUT2D eigenvalue weighted by Gasteiger charge is -2.33. The second kappa shape index (κ2) is 9.02. The molecule has 3 aromatic rings. The standard InChI is InChI=1S/C24H23FN6O/c1-15-5-2-3-7-20(15)28-23(32)18-6-4-10-31(14-18)22-12-21(29-24(27)30-22)16-8-9-17(13-26)19(25)11-16/h2-3,5,7-9,11-12,18H,4,6,10,14H2,1H3,(H,28,32)(H2,27,29,30)/t18-/m0/s1. The van der Waals surface area contributed by atoms with Gasteiger partial charge in [-0.2, -0.15) is 10.2 Å². The Morgan fingerprint density at radius 2 is 2.06 bits per heavy atom. The Bertz CT molecular complexity index is 1210. The van der Waals surface area contributed by atoms with Crippen molar-refractivity contribution in [3.8, 4) is 17.3 Å². The summed E-state index contributed by atoms with van der Waals surface area (Å²) in [6.07, 6.45) is 1.61. The van der Waals surface area contributed by atoms with E-state index in [1.165, 1.54) is 12.1 Å². The number of halogens is 1. The maximum Gasteiger partial charge on any atom is 0.229 e. The topological polar surface area (TPSA) is 108 Å². The van der Waals surface area contributed by atoms with Crippen LogP contribution in [0, 0.1) is 30.0 Å². The van der Waals surface area contributed by atoms with Crippen molar-refractivity contribution in [3.05, 3.63) is 65.5 Å². The van der Waals surface area contributed by atoms with Crippen LogP contribution in [0.2, 0.25) is 0 Å². The Kier molecular flexibility index (Phi) is 5.99. The second-order valence-electron chi connectivity index (χ2n) is 7.87. The van der Waals surface area contributed by atoms with Crippen molar-refractivity contribution in [3.63, 3.8) is 0 Å². The molecule has 1 aliphatic rings. The number of amides is 1. The highest BCUT2D eigenvalue weighted by molar-refractivity contribution is 5.93. The maximum atomic E-state index is 14.1. The zero-order valence-electron chi connectivity index (χ0n) is 17.7. The number of hydrogen-bond acceptors (Lipinski definition) is 6. The van der Waals surface area contributed by atoms with Crippen LogP contribution in [-0.2, 0) is 4.79 Å². The summed E-state index contributed by atoms with van der Waals surface area (Å²) in [4.78, 5) is 23.5. The van der Waals surface area contributed by atoms with Crippen molar-refractivity contribution >= 4 is 23.4 Å². The van der Waals surface area contributed by atoms with E-state index in [1.54, 1.807) is 18.2 Å². The first kappa shape index (κ1) is 21.2. The number of nitrogens with two attached hydrogens (primary N) is 1. The number of anilines is 3. The van der Waals surface area contributed by atoms with Gasteiger partial charge in [-0.15, -0.1) is 0 Å². The van der Waals surface area contributed by atoms with Gasteiger partial charge < -0.3 is 16.0 Å². The first-order chi connectivity index (χ1) is 15.4. The van der Waals surface area contributed by atoms with Crippen molar-refractivity contribution < 1.29 is 9.18 Å². The molecule has 1 saturated heterocycles. The smallest absolute Gasteiger partial charge is 0.229 e. The predicted molar refractivity (Wildman–Crippen MR) is 121 cm³/mol. The molecule has 2 aromatic carbocycles. The van der Waals surface area contributed by atoms with E-state index in [9.17, 15) is 9.18 Å². The van der Waals surface area contributed by atoms with Gasteiger partial charge in [0.2, 0.25) is 11.9 Å². The predicted octanol–water partition coefficient (Wildman–Crippen LogP) is 3.90. The molecule has 2 heterocycles. The van der Waals surface area contributed by atoms with Crippen molar-refractivity contribution in [2.45, 2.75) is 19.8 Å². The van der Waals surface area contributed by atoms with E-state index in [0.29, 0.717) is 23.6 Å². The fourth-order valence-corrected chi connectivity index (χ4v) is 3.87. The number of carbonyl (C=O) groups excluding carboxylic acids is 1. The summed E-state index contributed by atoms with van der Waals surface area (Å²) in [5, 5.41) is 12.0. The molecular formula is C24H23FN6O. The SMILES string of the molecule is Cc1ccccc1NC(=O)[C@H]1CCCN(c2cc(-c3ccc(C#N)c(F)c3)nc(N)n2)C1. The van der Waals surface area contributed by atoms with Gasteiger partial charge in [-0.3, -0.25) is 4.79 Å². The van der Waals surface area contributed by atoms with Crippen LogP contribution in [0.1, 0.15) is 24.0 Å². The molecule has 0 saturated carbocycles. The first-order valence-electron chi connectivity index (χ1n) is 10.4. The molecule has 0 aliphatic carbocycles. The molecule has 1 amide bonds. The lowest BCUT2D eigenvalue weighted by atomic mass is 9.96. The van der Waals surface area contributed by atoms with E-state index < -0.39 is 5.82 Å². The molecule has 8 heteroatoms. The molecule has 1 aliphatic heterocycles. The molecule has 1 fully saturated rings. The van der Waals surface area contributed by atoms with Crippen molar-refractivity contribution in [2.75, 3.05) is 29.0 Å². The lowest BCUT2D eigenvalue weighted by molar-refractivity contribution is -0.120. The molecule has 1 aromatic heterocycles. The summed E-state index contributed by atoms with van der Waals surface area (Å²) in [5.41, 5.74) is 8.69. The number of carbonyl (C=O) groups is 1. The van der Waals surface area contributed by atoms with E-state index >= 15 is 0 Å². The van der Waals surface area contributed by atoms with Gasteiger partial charge in [-0.1, -0.05) is 24.3 Å². The number of hydrogen-bond donors (Lipinski definition) is 2. The van der Waals surface area contributed by atoms with E-state index in [1.807, 2.05) is 36.1 Å². The van der Waals surface area contributed by atoms with Crippen LogP contribution < -0.4 is 16.0 Å². The van der Waals surface area contributed by atoms with E-state index in [-0.39, 0.29) is 23.3 Å². The molecule has 162 valence electrons. The van der Waals surface area contributed by atoms with E-state index in [2.05, 4.69) is 15.3 Å². The van der Waals surface area contributed by atoms with Gasteiger partial charge in [-0.05, 0) is 43.5 Å². The first-order valence-corrected chi connectivity index (χ1v) is 10.4. The zero-order valence-corrected chi connectivity index (χ0v) is 17.7. The quantitative estimate of drug-likeness (QED) is 0.650. The molecule has 1 atom stereocenters. The van der Waals surface area contributed by atoms with Crippen molar-refractivity contribution in [2.24, 2.45) is 5.92 Å². The number of nitrogens with zero attached hydrogens (tertiary/aromatic N) is 4. The highest BCUT2D eigenvalue weighted by Crippen LogP contribution is 2.28. The Hall–Kier alpha value is -3.99. The second-order valence-corrected chi connectivity index (χ2v) is 7.87. The van der Waals surface area contributed by atoms with Gasteiger partial charge in [0.15, 0.2) is 0 Å². The summed E-state index contributed by atoms with van der Waals surface area (Å²) in [6, 6.07) is 15.5. The van der Waals surface area contributed by atoms with Crippen LogP contribution >= 0.6 is 0 Å². The molecule has 0 unspecified atom stereocenters. The van der Waals surface area contributed by atoms with E-state index in [0.717, 1.165) is 30.6 Å². The normalized spacial score (nSPS) is 15.8. The summed E-state index contributed by atoms with van der Waals surface area (Å²) < 4.78 is 14.1. The molecule has 4 rings (SSSR count). The number of piperidine rings is 1. The summed E-state index contributed by atoms with van der Waals surface area (Å²) >= 11 is 0. The number of nitrogens with one attached hydrogen (secondary N) is 1. The molecule has 7 nitrogen and oxygen atoms in total. The number of aromatic nitrogens is 2. The Labute approximate surface area is 185 Å². The Morgan fingerprint density at radius 3 is 2.81 bits per heavy atom. The molecule has 32 heavy (non-hydrogen) atoms. The van der Waals surface area contributed by atoms with Gasteiger partial charge in [0, 0.05) is 30.4 Å². The molecule has 3 N–H and O–H groups in total. The summed E-state index contributed by atoms with van der Waals surface area (Å²) in [7, 11) is 0. The van der Waals surface area contributed by atoms with Gasteiger partial charge in [0.1, 0.15) is 17.7 Å². The highest BCUT2D eigenvalue weighted by Gasteiger charge is 2.27. The fraction of sp³-hybridized carbons (Fsp3) is 0.250. The summed E-state index contributed by atoms with van der Waals surface area (Å²) in [5.74, 6) is -0.190. The molecule has 0 radical (unpaired) electrons. The van der Waals surface area contributed by atoms with Gasteiger partial charge in [-0.25, -0.2) is 9.37 Å². The largest absolute Gasteiger partial charge is 0.368 e. The third-order valence-electron chi connectivity index (χ3n) is 5.63. The monoisotopic (exact) mass is 430 g/mol. The minimum absolute atomic E-state index is 0.0274. The third kappa shape index (κ3) is 4.52. The van der Waals surface area contributed by atoms with E-state index in [4.69, 9.17) is 11.0 Å². The number of benzene rings is 2. The van der Waals surface area contributed by atoms with Gasteiger partial charge in [0.25, 0.3) is 0 Å². The third-order valence-corrected chi connectivity index (χ3v) is 5.63. The molecular weight excluding hydrogens is 407 g/mol. The number of nitriles is 1. The van der Waals surface area contributed by atoms with Crippen molar-refractivity contribution in [1.82, 2.24) is 9.97 Å². The Morgan fingerprint density at radius 1 is 1.25 bits per heavy atom. The lowest BCUT2D eigenvalue weighted by Crippen LogP contribution is -2.41. The van der Waals surface area contributed by atoms with Crippen LogP contribution in [0.25, 0.3) is 11.3 Å². The number of aryl methyl sites for hydroxylation is 1. The molecule has 0 bridgehead atoms. The fourth-order valence-electron chi connectivity index (χ4n) is 3.87. The van der Waals surface area contributed by atoms with Gasteiger partial charge in [0.05, 0.1) is 17.2 Å².